The van der Waals surface area contributed by atoms with E-state index >= 15 is 0 Å². The van der Waals surface area contributed by atoms with Gasteiger partial charge in [-0.2, -0.15) is 0 Å². The Morgan fingerprint density at radius 2 is 1.79 bits per heavy atom. The average Bonchev–Trinajstić information content (AvgIpc) is 3.17. The Morgan fingerprint density at radius 3 is 2.45 bits per heavy atom. The van der Waals surface area contributed by atoms with E-state index in [0.717, 1.165) is 22.6 Å². The zero-order valence-electron chi connectivity index (χ0n) is 15.6. The molecule has 4 rings (SSSR count). The molecule has 0 saturated carbocycles. The zero-order chi connectivity index (χ0) is 20.4. The monoisotopic (exact) mass is 409 g/mol. The molecular formula is C20H19N5O3S. The summed E-state index contributed by atoms with van der Waals surface area (Å²) in [5.74, 6) is 1.42. The molecule has 0 aliphatic rings. The first-order chi connectivity index (χ1) is 14.0. The maximum absolute atomic E-state index is 11.4. The van der Waals surface area contributed by atoms with Crippen LogP contribution < -0.4 is 15.2 Å². The number of anilines is 1. The van der Waals surface area contributed by atoms with E-state index in [9.17, 15) is 8.42 Å². The van der Waals surface area contributed by atoms with E-state index in [-0.39, 0.29) is 4.90 Å². The molecule has 0 spiro atoms. The molecule has 4 aromatic rings. The van der Waals surface area contributed by atoms with Crippen LogP contribution in [0.3, 0.4) is 0 Å². The second kappa shape index (κ2) is 7.53. The van der Waals surface area contributed by atoms with Gasteiger partial charge in [-0.05, 0) is 42.0 Å². The number of nitrogens with zero attached hydrogens (tertiary/aromatic N) is 3. The molecule has 9 heteroatoms. The number of primary sulfonamides is 1. The minimum absolute atomic E-state index is 0.0823. The van der Waals surface area contributed by atoms with Gasteiger partial charge in [0, 0.05) is 24.5 Å². The highest BCUT2D eigenvalue weighted by atomic mass is 32.2. The van der Waals surface area contributed by atoms with Crippen LogP contribution >= 0.6 is 0 Å². The van der Waals surface area contributed by atoms with Crippen molar-refractivity contribution in [2.24, 2.45) is 5.14 Å². The first-order valence-corrected chi connectivity index (χ1v) is 10.3. The highest BCUT2D eigenvalue weighted by Gasteiger charge is 2.11. The highest BCUT2D eigenvalue weighted by molar-refractivity contribution is 7.89. The number of methoxy groups -OCH3 is 1. The van der Waals surface area contributed by atoms with Crippen LogP contribution in [0.25, 0.3) is 16.9 Å². The molecule has 8 nitrogen and oxygen atoms in total. The van der Waals surface area contributed by atoms with Crippen molar-refractivity contribution in [1.82, 2.24) is 14.4 Å². The number of nitrogens with one attached hydrogen (secondary N) is 1. The predicted octanol–water partition coefficient (Wildman–Crippen LogP) is 2.66. The fourth-order valence-corrected chi connectivity index (χ4v) is 3.52. The van der Waals surface area contributed by atoms with Gasteiger partial charge in [0.05, 0.1) is 23.9 Å². The fraction of sp³-hybridized carbons (Fsp3) is 0.100. The van der Waals surface area contributed by atoms with E-state index < -0.39 is 10.0 Å². The number of hydrogen-bond donors (Lipinski definition) is 2. The molecule has 148 valence electrons. The van der Waals surface area contributed by atoms with Crippen LogP contribution in [0.1, 0.15) is 5.56 Å². The van der Waals surface area contributed by atoms with Gasteiger partial charge < -0.3 is 10.1 Å². The van der Waals surface area contributed by atoms with Crippen molar-refractivity contribution >= 4 is 21.5 Å². The Labute approximate surface area is 168 Å². The van der Waals surface area contributed by atoms with Crippen LogP contribution in [-0.4, -0.2) is 29.9 Å². The summed E-state index contributed by atoms with van der Waals surface area (Å²) in [6.07, 6.45) is 5.35. The first kappa shape index (κ1) is 18.9. The molecule has 0 radical (unpaired) electrons. The smallest absolute Gasteiger partial charge is 0.238 e. The minimum Gasteiger partial charge on any atom is -0.497 e. The van der Waals surface area contributed by atoms with Crippen molar-refractivity contribution in [3.8, 4) is 17.0 Å². The van der Waals surface area contributed by atoms with Crippen molar-refractivity contribution in [3.05, 3.63) is 72.7 Å². The van der Waals surface area contributed by atoms with Gasteiger partial charge in [-0.3, -0.25) is 4.40 Å². The third kappa shape index (κ3) is 3.91. The summed E-state index contributed by atoms with van der Waals surface area (Å²) in [6, 6.07) is 14.1. The molecule has 3 N–H and O–H groups in total. The van der Waals surface area contributed by atoms with Crippen molar-refractivity contribution in [2.75, 3.05) is 12.4 Å². The lowest BCUT2D eigenvalue weighted by Gasteiger charge is -2.09. The van der Waals surface area contributed by atoms with Crippen molar-refractivity contribution < 1.29 is 13.2 Å². The normalized spacial score (nSPS) is 11.5. The Morgan fingerprint density at radius 1 is 1.07 bits per heavy atom. The van der Waals surface area contributed by atoms with Crippen LogP contribution in [-0.2, 0) is 16.6 Å². The number of ether oxygens (including phenoxy) is 1. The number of fused-ring (bicyclic) bond motifs is 1. The van der Waals surface area contributed by atoms with E-state index in [1.165, 1.54) is 12.1 Å². The van der Waals surface area contributed by atoms with Crippen LogP contribution in [0, 0.1) is 0 Å². The van der Waals surface area contributed by atoms with Gasteiger partial charge in [0.15, 0.2) is 11.5 Å². The summed E-state index contributed by atoms with van der Waals surface area (Å²) in [4.78, 5) is 8.97. The van der Waals surface area contributed by atoms with Crippen LogP contribution in [0.4, 0.5) is 5.82 Å². The maximum Gasteiger partial charge on any atom is 0.238 e. The Kier molecular flexibility index (Phi) is 4.91. The lowest BCUT2D eigenvalue weighted by molar-refractivity contribution is 0.415. The fourth-order valence-electron chi connectivity index (χ4n) is 3.00. The maximum atomic E-state index is 11.4. The van der Waals surface area contributed by atoms with E-state index in [2.05, 4.69) is 15.3 Å². The number of benzene rings is 2. The van der Waals surface area contributed by atoms with Crippen molar-refractivity contribution in [2.45, 2.75) is 11.4 Å². The lowest BCUT2D eigenvalue weighted by atomic mass is 10.1. The van der Waals surface area contributed by atoms with Crippen molar-refractivity contribution in [1.29, 1.82) is 0 Å². The van der Waals surface area contributed by atoms with Gasteiger partial charge in [0.1, 0.15) is 5.75 Å². The first-order valence-electron chi connectivity index (χ1n) is 8.78. The molecule has 0 aliphatic heterocycles. The largest absolute Gasteiger partial charge is 0.497 e. The number of hydrogen-bond acceptors (Lipinski definition) is 6. The van der Waals surface area contributed by atoms with Gasteiger partial charge in [0.2, 0.25) is 10.0 Å². The van der Waals surface area contributed by atoms with E-state index in [1.54, 1.807) is 31.6 Å². The van der Waals surface area contributed by atoms with Gasteiger partial charge >= 0.3 is 0 Å². The molecule has 0 unspecified atom stereocenters. The van der Waals surface area contributed by atoms with E-state index in [1.807, 2.05) is 34.9 Å². The molecule has 29 heavy (non-hydrogen) atoms. The average molecular weight is 409 g/mol. The summed E-state index contributed by atoms with van der Waals surface area (Å²) in [7, 11) is -2.06. The second-order valence-electron chi connectivity index (χ2n) is 6.38. The number of nitrogens with two attached hydrogens (primary N) is 1. The van der Waals surface area contributed by atoms with Gasteiger partial charge in [-0.25, -0.2) is 23.5 Å². The third-order valence-corrected chi connectivity index (χ3v) is 5.45. The highest BCUT2D eigenvalue weighted by Crippen LogP contribution is 2.25. The Hall–Kier alpha value is -3.43. The summed E-state index contributed by atoms with van der Waals surface area (Å²) in [6.45, 7) is 0.461. The van der Waals surface area contributed by atoms with Gasteiger partial charge in [-0.15, -0.1) is 0 Å². The molecule has 0 amide bonds. The zero-order valence-corrected chi connectivity index (χ0v) is 16.4. The molecule has 2 aromatic carbocycles. The van der Waals surface area contributed by atoms with Gasteiger partial charge in [-0.1, -0.05) is 12.1 Å². The predicted molar refractivity (Wildman–Crippen MR) is 110 cm³/mol. The number of aromatic nitrogens is 3. The van der Waals surface area contributed by atoms with Crippen molar-refractivity contribution in [3.63, 3.8) is 0 Å². The van der Waals surface area contributed by atoms with Crippen LogP contribution in [0.15, 0.2) is 72.0 Å². The summed E-state index contributed by atoms with van der Waals surface area (Å²) in [5.41, 5.74) is 3.53. The lowest BCUT2D eigenvalue weighted by Crippen LogP contribution is -2.12. The Balaban J connectivity index is 1.58. The van der Waals surface area contributed by atoms with E-state index in [4.69, 9.17) is 9.88 Å². The number of rotatable bonds is 6. The minimum atomic E-state index is -3.70. The van der Waals surface area contributed by atoms with Crippen LogP contribution in [0.2, 0.25) is 0 Å². The third-order valence-electron chi connectivity index (χ3n) is 4.53. The quantitative estimate of drug-likeness (QED) is 0.506. The molecular weight excluding hydrogens is 390 g/mol. The summed E-state index contributed by atoms with van der Waals surface area (Å²) < 4.78 is 29.9. The summed E-state index contributed by atoms with van der Waals surface area (Å²) in [5, 5.41) is 8.38. The Bertz CT molecular complexity index is 1250. The molecule has 2 heterocycles. The SMILES string of the molecule is COc1ccc(-c2cnc3c(NCc4ccc(S(N)(=O)=O)cc4)nccn23)cc1. The molecule has 0 saturated heterocycles. The number of imidazole rings is 1. The topological polar surface area (TPSA) is 112 Å². The summed E-state index contributed by atoms with van der Waals surface area (Å²) >= 11 is 0. The molecule has 0 fully saturated rings. The standard InChI is InChI=1S/C20H19N5O3S/c1-28-16-6-4-15(5-7-16)18-13-24-20-19(22-10-11-25(18)20)23-12-14-2-8-17(9-3-14)29(21,26)27/h2-11,13H,12H2,1H3,(H,22,23)(H2,21,26,27). The molecule has 0 bridgehead atoms. The van der Waals surface area contributed by atoms with Crippen LogP contribution in [0.5, 0.6) is 5.75 Å². The number of sulfonamides is 1. The molecule has 0 atom stereocenters. The van der Waals surface area contributed by atoms with E-state index in [0.29, 0.717) is 18.0 Å². The van der Waals surface area contributed by atoms with Gasteiger partial charge in [0.25, 0.3) is 0 Å². The second-order valence-corrected chi connectivity index (χ2v) is 7.95. The molecule has 0 aliphatic carbocycles. The molecule has 2 aromatic heterocycles.